The zero-order valence-electron chi connectivity index (χ0n) is 11.0. The van der Waals surface area contributed by atoms with Gasteiger partial charge in [0.15, 0.2) is 0 Å². The second-order valence-electron chi connectivity index (χ2n) is 4.97. The van der Waals surface area contributed by atoms with E-state index >= 15 is 0 Å². The summed E-state index contributed by atoms with van der Waals surface area (Å²) in [6.07, 6.45) is 4.62. The van der Waals surface area contributed by atoms with Crippen LogP contribution in [0.5, 0.6) is 5.75 Å². The number of aromatic nitrogens is 2. The Morgan fingerprint density at radius 2 is 2.00 bits per heavy atom. The van der Waals surface area contributed by atoms with E-state index in [0.29, 0.717) is 19.1 Å². The van der Waals surface area contributed by atoms with Crippen LogP contribution in [0.15, 0.2) is 36.5 Å². The lowest BCUT2D eigenvalue weighted by molar-refractivity contribution is 0.291. The minimum atomic E-state index is 0.567. The minimum Gasteiger partial charge on any atom is -0.492 e. The third kappa shape index (κ3) is 3.15. The Kier molecular flexibility index (Phi) is 3.51. The highest BCUT2D eigenvalue weighted by molar-refractivity contribution is 5.27. The first kappa shape index (κ1) is 12.2. The molecule has 0 aliphatic heterocycles. The Balaban J connectivity index is 1.48. The molecule has 100 valence electrons. The normalized spacial score (nSPS) is 14.6. The fraction of sp³-hybridized carbons (Fsp3) is 0.400. The van der Waals surface area contributed by atoms with Crippen molar-refractivity contribution in [2.45, 2.75) is 31.8 Å². The highest BCUT2D eigenvalue weighted by Gasteiger charge is 2.25. The van der Waals surface area contributed by atoms with Crippen molar-refractivity contribution < 1.29 is 4.74 Å². The Bertz CT molecular complexity index is 529. The molecule has 1 heterocycles. The fourth-order valence-corrected chi connectivity index (χ4v) is 2.08. The summed E-state index contributed by atoms with van der Waals surface area (Å²) in [6, 6.07) is 10.0. The van der Waals surface area contributed by atoms with Crippen LogP contribution in [0.25, 0.3) is 0 Å². The van der Waals surface area contributed by atoms with Gasteiger partial charge in [0.05, 0.1) is 12.2 Å². The van der Waals surface area contributed by atoms with Gasteiger partial charge in [-0.15, -0.1) is 0 Å². The molecule has 0 amide bonds. The van der Waals surface area contributed by atoms with Crippen molar-refractivity contribution in [3.63, 3.8) is 0 Å². The first-order valence-electron chi connectivity index (χ1n) is 6.80. The predicted octanol–water partition coefficient (Wildman–Crippen LogP) is 2.30. The van der Waals surface area contributed by atoms with Crippen LogP contribution in [0.1, 0.15) is 30.0 Å². The molecule has 3 rings (SSSR count). The molecule has 1 fully saturated rings. The van der Waals surface area contributed by atoms with Crippen molar-refractivity contribution in [3.05, 3.63) is 47.8 Å². The van der Waals surface area contributed by atoms with E-state index in [1.165, 1.54) is 18.5 Å². The highest BCUT2D eigenvalue weighted by atomic mass is 16.5. The number of nitrogens with two attached hydrogens (primary N) is 1. The molecule has 1 aliphatic rings. The van der Waals surface area contributed by atoms with Gasteiger partial charge in [-0.05, 0) is 36.6 Å². The van der Waals surface area contributed by atoms with Gasteiger partial charge in [-0.3, -0.25) is 4.68 Å². The van der Waals surface area contributed by atoms with Gasteiger partial charge >= 0.3 is 0 Å². The van der Waals surface area contributed by atoms with Crippen molar-refractivity contribution in [1.82, 2.24) is 9.78 Å². The molecule has 0 radical (unpaired) electrons. The molecular weight excluding hydrogens is 238 g/mol. The molecule has 0 saturated heterocycles. The summed E-state index contributed by atoms with van der Waals surface area (Å²) in [5.41, 5.74) is 7.90. The van der Waals surface area contributed by atoms with Gasteiger partial charge in [0.1, 0.15) is 12.4 Å². The molecule has 4 heteroatoms. The Hall–Kier alpha value is -1.81. The lowest BCUT2D eigenvalue weighted by Gasteiger charge is -2.07. The van der Waals surface area contributed by atoms with E-state index in [1.807, 2.05) is 35.1 Å². The molecular formula is C15H19N3O. The maximum atomic E-state index is 5.69. The number of nitrogens with zero attached hydrogens (tertiary/aromatic N) is 2. The van der Waals surface area contributed by atoms with Crippen LogP contribution in [0.4, 0.5) is 0 Å². The van der Waals surface area contributed by atoms with Crippen molar-refractivity contribution in [2.75, 3.05) is 6.61 Å². The third-order valence-corrected chi connectivity index (χ3v) is 3.41. The average molecular weight is 257 g/mol. The second kappa shape index (κ2) is 5.45. The van der Waals surface area contributed by atoms with Crippen LogP contribution < -0.4 is 10.5 Å². The first-order chi connectivity index (χ1) is 9.35. The van der Waals surface area contributed by atoms with Gasteiger partial charge in [0.25, 0.3) is 0 Å². The Morgan fingerprint density at radius 3 is 2.68 bits per heavy atom. The van der Waals surface area contributed by atoms with E-state index < -0.39 is 0 Å². The van der Waals surface area contributed by atoms with Crippen molar-refractivity contribution in [2.24, 2.45) is 5.73 Å². The number of benzene rings is 1. The lowest BCUT2D eigenvalue weighted by Crippen LogP contribution is -2.09. The SMILES string of the molecule is NCc1ccc(OCCn2ccc(C3CC3)n2)cc1. The summed E-state index contributed by atoms with van der Waals surface area (Å²) >= 11 is 0. The number of rotatable bonds is 6. The van der Waals surface area contributed by atoms with Gasteiger partial charge in [0, 0.05) is 18.7 Å². The largest absolute Gasteiger partial charge is 0.492 e. The van der Waals surface area contributed by atoms with E-state index in [-0.39, 0.29) is 0 Å². The van der Waals surface area contributed by atoms with Crippen LogP contribution >= 0.6 is 0 Å². The van der Waals surface area contributed by atoms with Crippen molar-refractivity contribution in [1.29, 1.82) is 0 Å². The topological polar surface area (TPSA) is 53.1 Å². The molecule has 0 atom stereocenters. The van der Waals surface area contributed by atoms with Crippen molar-refractivity contribution >= 4 is 0 Å². The zero-order chi connectivity index (χ0) is 13.1. The maximum absolute atomic E-state index is 5.69. The minimum absolute atomic E-state index is 0.567. The molecule has 0 spiro atoms. The molecule has 2 N–H and O–H groups in total. The summed E-state index contributed by atoms with van der Waals surface area (Å²) in [5, 5.41) is 4.55. The summed E-state index contributed by atoms with van der Waals surface area (Å²) in [6.45, 7) is 1.98. The molecule has 1 aromatic carbocycles. The van der Waals surface area contributed by atoms with E-state index in [4.69, 9.17) is 10.5 Å². The Morgan fingerprint density at radius 1 is 1.21 bits per heavy atom. The van der Waals surface area contributed by atoms with Crippen LogP contribution in [0.2, 0.25) is 0 Å². The number of hydrogen-bond acceptors (Lipinski definition) is 3. The smallest absolute Gasteiger partial charge is 0.119 e. The summed E-state index contributed by atoms with van der Waals surface area (Å²) in [7, 11) is 0. The van der Waals surface area contributed by atoms with Gasteiger partial charge in [-0.2, -0.15) is 5.10 Å². The molecule has 19 heavy (non-hydrogen) atoms. The van der Waals surface area contributed by atoms with E-state index in [1.54, 1.807) is 0 Å². The quantitative estimate of drug-likeness (QED) is 0.864. The summed E-state index contributed by atoms with van der Waals surface area (Å²) in [4.78, 5) is 0. The lowest BCUT2D eigenvalue weighted by atomic mass is 10.2. The molecule has 0 bridgehead atoms. The Labute approximate surface area is 113 Å². The molecule has 0 unspecified atom stereocenters. The molecule has 2 aromatic rings. The van der Waals surface area contributed by atoms with E-state index in [0.717, 1.165) is 17.9 Å². The van der Waals surface area contributed by atoms with Crippen LogP contribution in [-0.2, 0) is 13.1 Å². The van der Waals surface area contributed by atoms with E-state index in [9.17, 15) is 0 Å². The standard InChI is InChI=1S/C15H19N3O/c16-11-12-1-5-14(6-2-12)19-10-9-18-8-7-15(17-18)13-3-4-13/h1-2,5-8,13H,3-4,9-11,16H2. The maximum Gasteiger partial charge on any atom is 0.119 e. The molecule has 1 saturated carbocycles. The summed E-state index contributed by atoms with van der Waals surface area (Å²) in [5.74, 6) is 1.60. The van der Waals surface area contributed by atoms with Crippen molar-refractivity contribution in [3.8, 4) is 5.75 Å². The third-order valence-electron chi connectivity index (χ3n) is 3.41. The highest BCUT2D eigenvalue weighted by Crippen LogP contribution is 2.38. The zero-order valence-corrected chi connectivity index (χ0v) is 11.0. The average Bonchev–Trinajstić information content (AvgIpc) is 3.20. The van der Waals surface area contributed by atoms with Crippen LogP contribution in [-0.4, -0.2) is 16.4 Å². The second-order valence-corrected chi connectivity index (χ2v) is 4.97. The van der Waals surface area contributed by atoms with Gasteiger partial charge in [0.2, 0.25) is 0 Å². The van der Waals surface area contributed by atoms with E-state index in [2.05, 4.69) is 11.2 Å². The first-order valence-corrected chi connectivity index (χ1v) is 6.80. The van der Waals surface area contributed by atoms with Crippen LogP contribution in [0, 0.1) is 0 Å². The summed E-state index contributed by atoms with van der Waals surface area (Å²) < 4.78 is 7.65. The monoisotopic (exact) mass is 257 g/mol. The predicted molar refractivity (Wildman–Crippen MR) is 74.0 cm³/mol. The van der Waals surface area contributed by atoms with Gasteiger partial charge in [-0.25, -0.2) is 0 Å². The molecule has 1 aliphatic carbocycles. The van der Waals surface area contributed by atoms with Gasteiger partial charge in [-0.1, -0.05) is 12.1 Å². The molecule has 1 aromatic heterocycles. The van der Waals surface area contributed by atoms with Gasteiger partial charge < -0.3 is 10.5 Å². The van der Waals surface area contributed by atoms with Crippen LogP contribution in [0.3, 0.4) is 0 Å². The fourth-order valence-electron chi connectivity index (χ4n) is 2.08. The molecule has 4 nitrogen and oxygen atoms in total. The number of ether oxygens (including phenoxy) is 1. The number of hydrogen-bond donors (Lipinski definition) is 1.